The van der Waals surface area contributed by atoms with Crippen molar-refractivity contribution in [1.29, 1.82) is 0 Å². The van der Waals surface area contributed by atoms with E-state index in [4.69, 9.17) is 10.5 Å². The van der Waals surface area contributed by atoms with Crippen LogP contribution in [0, 0.1) is 11.8 Å². The predicted octanol–water partition coefficient (Wildman–Crippen LogP) is 1.46. The summed E-state index contributed by atoms with van der Waals surface area (Å²) in [4.78, 5) is 62.6. The van der Waals surface area contributed by atoms with Crippen LogP contribution in [0.3, 0.4) is 0 Å². The minimum atomic E-state index is -1.31. The number of hydrogen-bond donors (Lipinski definition) is 2. The Balaban J connectivity index is 2.31. The Kier molecular flexibility index (Phi) is 6.73. The van der Waals surface area contributed by atoms with Crippen molar-refractivity contribution in [2.45, 2.75) is 46.3 Å². The van der Waals surface area contributed by atoms with E-state index in [0.29, 0.717) is 0 Å². The average molecular weight is 403 g/mol. The maximum absolute atomic E-state index is 12.9. The van der Waals surface area contributed by atoms with Crippen LogP contribution in [-0.2, 0) is 14.3 Å². The van der Waals surface area contributed by atoms with Crippen molar-refractivity contribution in [2.75, 3.05) is 0 Å². The summed E-state index contributed by atoms with van der Waals surface area (Å²) in [7, 11) is 0. The van der Waals surface area contributed by atoms with Gasteiger partial charge in [-0.25, -0.2) is 9.59 Å². The van der Waals surface area contributed by atoms with Gasteiger partial charge < -0.3 is 10.5 Å². The molecule has 1 aliphatic heterocycles. The normalized spacial score (nSPS) is 15.3. The van der Waals surface area contributed by atoms with Gasteiger partial charge in [0.25, 0.3) is 17.7 Å². The number of fused-ring (bicyclic) bond motifs is 1. The number of benzene rings is 1. The number of rotatable bonds is 7. The molecule has 0 spiro atoms. The highest BCUT2D eigenvalue weighted by molar-refractivity contribution is 6.22. The Labute approximate surface area is 168 Å². The number of imide groups is 2. The van der Waals surface area contributed by atoms with Crippen LogP contribution in [0.15, 0.2) is 24.3 Å². The van der Waals surface area contributed by atoms with E-state index in [1.807, 2.05) is 19.2 Å². The molecule has 0 aliphatic carbocycles. The van der Waals surface area contributed by atoms with Gasteiger partial charge in [-0.1, -0.05) is 39.8 Å². The molecule has 0 fully saturated rings. The molecule has 0 radical (unpaired) electrons. The van der Waals surface area contributed by atoms with E-state index in [2.05, 4.69) is 0 Å². The van der Waals surface area contributed by atoms with Gasteiger partial charge in [0.05, 0.1) is 11.1 Å². The molecule has 29 heavy (non-hydrogen) atoms. The molecule has 0 saturated carbocycles. The molecule has 9 heteroatoms. The van der Waals surface area contributed by atoms with E-state index in [1.54, 1.807) is 26.0 Å². The lowest BCUT2D eigenvalue weighted by Crippen LogP contribution is -2.50. The molecule has 5 amide bonds. The minimum absolute atomic E-state index is 0.0474. The van der Waals surface area contributed by atoms with Crippen LogP contribution in [0.5, 0.6) is 0 Å². The zero-order valence-corrected chi connectivity index (χ0v) is 16.8. The van der Waals surface area contributed by atoms with Crippen LogP contribution in [0.2, 0.25) is 0 Å². The van der Waals surface area contributed by atoms with Gasteiger partial charge in [0.1, 0.15) is 6.04 Å². The highest BCUT2D eigenvalue weighted by Crippen LogP contribution is 2.28. The van der Waals surface area contributed by atoms with Crippen LogP contribution in [0.1, 0.15) is 54.8 Å². The third kappa shape index (κ3) is 4.79. The van der Waals surface area contributed by atoms with Crippen molar-refractivity contribution < 1.29 is 28.7 Å². The van der Waals surface area contributed by atoms with Crippen molar-refractivity contribution in [1.82, 2.24) is 10.2 Å². The number of nitrogens with zero attached hydrogens (tertiary/aromatic N) is 1. The quantitative estimate of drug-likeness (QED) is 0.522. The first-order chi connectivity index (χ1) is 13.5. The summed E-state index contributed by atoms with van der Waals surface area (Å²) in [5, 5.41) is 1.89. The summed E-state index contributed by atoms with van der Waals surface area (Å²) in [6.45, 7) is 6.91. The van der Waals surface area contributed by atoms with E-state index < -0.39 is 47.8 Å². The second-order valence-electron chi connectivity index (χ2n) is 7.63. The van der Waals surface area contributed by atoms with Crippen LogP contribution >= 0.6 is 0 Å². The Morgan fingerprint density at radius 3 is 1.97 bits per heavy atom. The summed E-state index contributed by atoms with van der Waals surface area (Å²) in [5.41, 5.74) is 5.39. The minimum Gasteiger partial charge on any atom is -0.450 e. The van der Waals surface area contributed by atoms with Crippen molar-refractivity contribution in [3.8, 4) is 0 Å². The van der Waals surface area contributed by atoms with E-state index >= 15 is 0 Å². The largest absolute Gasteiger partial charge is 0.450 e. The van der Waals surface area contributed by atoms with Gasteiger partial charge in [-0.15, -0.1) is 0 Å². The molecule has 1 aromatic rings. The number of nitrogens with one attached hydrogen (secondary N) is 1. The zero-order chi connectivity index (χ0) is 21.9. The number of amides is 5. The molecule has 1 heterocycles. The number of nitrogens with two attached hydrogens (primary N) is 1. The highest BCUT2D eigenvalue weighted by atomic mass is 16.6. The first-order valence-corrected chi connectivity index (χ1v) is 9.32. The van der Waals surface area contributed by atoms with Crippen molar-refractivity contribution in [3.63, 3.8) is 0 Å². The first-order valence-electron chi connectivity index (χ1n) is 9.32. The molecule has 2 rings (SSSR count). The fourth-order valence-corrected chi connectivity index (χ4v) is 3.13. The fourth-order valence-electron chi connectivity index (χ4n) is 3.13. The number of primary amides is 1. The molecule has 1 aromatic carbocycles. The maximum atomic E-state index is 12.9. The Morgan fingerprint density at radius 1 is 1.03 bits per heavy atom. The van der Waals surface area contributed by atoms with Gasteiger partial charge in [-0.3, -0.25) is 24.6 Å². The second-order valence-corrected chi connectivity index (χ2v) is 7.63. The number of carbonyl (C=O) groups excluding carboxylic acids is 5. The SMILES string of the molecule is CC(C)C[C@@H](C(=O)O[C@H](C(=O)NC(N)=O)C(C)C)N1C(=O)c2ccccc2C1=O. The average Bonchev–Trinajstić information content (AvgIpc) is 2.87. The summed E-state index contributed by atoms with van der Waals surface area (Å²) >= 11 is 0. The summed E-state index contributed by atoms with van der Waals surface area (Å²) < 4.78 is 5.34. The molecule has 2 atom stereocenters. The maximum Gasteiger partial charge on any atom is 0.330 e. The van der Waals surface area contributed by atoms with Gasteiger partial charge in [0, 0.05) is 0 Å². The molecule has 0 saturated heterocycles. The van der Waals surface area contributed by atoms with Crippen LogP contribution < -0.4 is 11.1 Å². The molecule has 0 aromatic heterocycles. The molecule has 1 aliphatic rings. The van der Waals surface area contributed by atoms with E-state index in [1.165, 1.54) is 12.1 Å². The number of urea groups is 1. The van der Waals surface area contributed by atoms with Gasteiger partial charge >= 0.3 is 12.0 Å². The van der Waals surface area contributed by atoms with E-state index in [-0.39, 0.29) is 23.5 Å². The standard InChI is InChI=1S/C20H25N3O6/c1-10(2)9-14(19(27)29-15(11(3)4)16(24)22-20(21)28)23-17(25)12-7-5-6-8-13(12)18(23)26/h5-8,10-11,14-15H,9H2,1-4H3,(H3,21,22,24,28)/t14-,15-/m0/s1. The van der Waals surface area contributed by atoms with Gasteiger partial charge in [0.15, 0.2) is 6.10 Å². The Hall–Kier alpha value is -3.23. The third-order valence-electron chi connectivity index (χ3n) is 4.46. The molecule has 0 bridgehead atoms. The number of carbonyl (C=O) groups is 5. The van der Waals surface area contributed by atoms with Crippen LogP contribution in [-0.4, -0.2) is 46.8 Å². The summed E-state index contributed by atoms with van der Waals surface area (Å²) in [6, 6.07) is 4.02. The van der Waals surface area contributed by atoms with Crippen molar-refractivity contribution >= 4 is 29.7 Å². The second kappa shape index (κ2) is 8.85. The highest BCUT2D eigenvalue weighted by Gasteiger charge is 2.44. The smallest absolute Gasteiger partial charge is 0.330 e. The number of hydrogen-bond acceptors (Lipinski definition) is 6. The van der Waals surface area contributed by atoms with Crippen molar-refractivity contribution in [2.24, 2.45) is 17.6 Å². The topological polar surface area (TPSA) is 136 Å². The molecular formula is C20H25N3O6. The molecular weight excluding hydrogens is 378 g/mol. The lowest BCUT2D eigenvalue weighted by atomic mass is 10.0. The first kappa shape index (κ1) is 22.1. The lowest BCUT2D eigenvalue weighted by Gasteiger charge is -2.28. The number of esters is 1. The molecule has 156 valence electrons. The van der Waals surface area contributed by atoms with E-state index in [0.717, 1.165) is 4.90 Å². The molecule has 3 N–H and O–H groups in total. The molecule has 0 unspecified atom stereocenters. The Bertz CT molecular complexity index is 813. The Morgan fingerprint density at radius 2 is 1.55 bits per heavy atom. The van der Waals surface area contributed by atoms with Crippen LogP contribution in [0.25, 0.3) is 0 Å². The summed E-state index contributed by atoms with van der Waals surface area (Å²) in [6.07, 6.45) is -1.15. The third-order valence-corrected chi connectivity index (χ3v) is 4.46. The van der Waals surface area contributed by atoms with E-state index in [9.17, 15) is 24.0 Å². The van der Waals surface area contributed by atoms with Gasteiger partial charge in [-0.05, 0) is 30.4 Å². The predicted molar refractivity (Wildman–Crippen MR) is 103 cm³/mol. The number of ether oxygens (including phenoxy) is 1. The van der Waals surface area contributed by atoms with Crippen LogP contribution in [0.4, 0.5) is 4.79 Å². The summed E-state index contributed by atoms with van der Waals surface area (Å²) in [5.74, 6) is -3.46. The zero-order valence-electron chi connectivity index (χ0n) is 16.8. The monoisotopic (exact) mass is 403 g/mol. The molecule has 9 nitrogen and oxygen atoms in total. The lowest BCUT2D eigenvalue weighted by molar-refractivity contribution is -0.162. The van der Waals surface area contributed by atoms with Gasteiger partial charge in [0.2, 0.25) is 0 Å². The van der Waals surface area contributed by atoms with Crippen molar-refractivity contribution in [3.05, 3.63) is 35.4 Å². The van der Waals surface area contributed by atoms with Gasteiger partial charge in [-0.2, -0.15) is 0 Å². The fraction of sp³-hybridized carbons (Fsp3) is 0.450.